The van der Waals surface area contributed by atoms with Gasteiger partial charge in [-0.1, -0.05) is 12.2 Å². The van der Waals surface area contributed by atoms with E-state index in [9.17, 15) is 0 Å². The van der Waals surface area contributed by atoms with Crippen molar-refractivity contribution in [1.82, 2.24) is 10.3 Å². The van der Waals surface area contributed by atoms with E-state index >= 15 is 0 Å². The fourth-order valence-corrected chi connectivity index (χ4v) is 0.903. The van der Waals surface area contributed by atoms with Gasteiger partial charge in [0.05, 0.1) is 0 Å². The molecule has 2 aliphatic heterocycles. The molecule has 0 aromatic carbocycles. The zero-order chi connectivity index (χ0) is 6.10. The summed E-state index contributed by atoms with van der Waals surface area (Å²) in [5.41, 5.74) is 2.86. The number of hydrogen-bond acceptors (Lipinski definition) is 3. The van der Waals surface area contributed by atoms with Gasteiger partial charge in [0.25, 0.3) is 0 Å². The van der Waals surface area contributed by atoms with Crippen LogP contribution in [0.3, 0.4) is 0 Å². The van der Waals surface area contributed by atoms with Crippen LogP contribution in [-0.2, 0) is 0 Å². The van der Waals surface area contributed by atoms with Crippen LogP contribution in [0.25, 0.3) is 0 Å². The molecule has 0 bridgehead atoms. The first kappa shape index (κ1) is 4.61. The largest absolute Gasteiger partial charge is 0.312 e. The minimum absolute atomic E-state index is 0.933. The second kappa shape index (κ2) is 1.62. The summed E-state index contributed by atoms with van der Waals surface area (Å²) in [6.07, 6.45) is 7.89. The molecule has 0 fully saturated rings. The molecule has 0 unspecified atom stereocenters. The smallest absolute Gasteiger partial charge is 0.127 e. The third-order valence-electron chi connectivity index (χ3n) is 1.38. The maximum Gasteiger partial charge on any atom is 0.127 e. The Balaban J connectivity index is 2.29. The Morgan fingerprint density at radius 3 is 3.56 bits per heavy atom. The van der Waals surface area contributed by atoms with Crippen LogP contribution in [0.1, 0.15) is 0 Å². The third kappa shape index (κ3) is 0.614. The van der Waals surface area contributed by atoms with Crippen LogP contribution in [0.2, 0.25) is 0 Å². The van der Waals surface area contributed by atoms with Crippen molar-refractivity contribution in [3.8, 4) is 0 Å². The van der Waals surface area contributed by atoms with E-state index in [2.05, 4.69) is 16.6 Å². The van der Waals surface area contributed by atoms with Crippen LogP contribution < -0.4 is 5.43 Å². The van der Waals surface area contributed by atoms with E-state index in [1.165, 1.54) is 0 Å². The van der Waals surface area contributed by atoms with Gasteiger partial charge < -0.3 is 4.90 Å². The van der Waals surface area contributed by atoms with Crippen molar-refractivity contribution >= 4 is 6.34 Å². The summed E-state index contributed by atoms with van der Waals surface area (Å²) >= 11 is 0. The quantitative estimate of drug-likeness (QED) is 0.497. The van der Waals surface area contributed by atoms with Crippen LogP contribution in [0.4, 0.5) is 0 Å². The second-order valence-corrected chi connectivity index (χ2v) is 1.99. The van der Waals surface area contributed by atoms with Crippen LogP contribution in [0.15, 0.2) is 29.2 Å². The first-order valence-electron chi connectivity index (χ1n) is 2.89. The van der Waals surface area contributed by atoms with E-state index in [-0.39, 0.29) is 0 Å². The van der Waals surface area contributed by atoms with E-state index in [0.717, 1.165) is 12.4 Å². The molecular weight excluding hydrogens is 114 g/mol. The number of allylic oxidation sites excluding steroid dienone is 2. The normalized spacial score (nSPS) is 21.3. The predicted molar refractivity (Wildman–Crippen MR) is 35.6 cm³/mol. The Morgan fingerprint density at radius 1 is 1.67 bits per heavy atom. The van der Waals surface area contributed by atoms with Gasteiger partial charge in [0.15, 0.2) is 0 Å². The fraction of sp³-hybridized carbons (Fsp3) is 0.167. The summed E-state index contributed by atoms with van der Waals surface area (Å²) in [6, 6.07) is 0. The molecule has 0 atom stereocenters. The predicted octanol–water partition coefficient (Wildman–Crippen LogP) is 0.246. The molecule has 0 saturated carbocycles. The number of hydrazone groups is 1. The maximum absolute atomic E-state index is 3.87. The zero-order valence-corrected chi connectivity index (χ0v) is 4.91. The van der Waals surface area contributed by atoms with Gasteiger partial charge in [-0.2, -0.15) is 5.10 Å². The summed E-state index contributed by atoms with van der Waals surface area (Å²) in [4.78, 5) is 2.04. The van der Waals surface area contributed by atoms with Gasteiger partial charge in [-0.3, -0.25) is 5.43 Å². The van der Waals surface area contributed by atoms with Gasteiger partial charge in [-0.05, 0) is 6.08 Å². The SMILES string of the molecule is C1=CCN2C=NNC2=C1. The Labute approximate surface area is 53.3 Å². The summed E-state index contributed by atoms with van der Waals surface area (Å²) < 4.78 is 0. The Hall–Kier alpha value is -1.25. The van der Waals surface area contributed by atoms with Gasteiger partial charge in [0, 0.05) is 6.54 Å². The van der Waals surface area contributed by atoms with E-state index < -0.39 is 0 Å². The molecule has 0 aliphatic carbocycles. The minimum atomic E-state index is 0.933. The molecule has 2 rings (SSSR count). The molecule has 3 nitrogen and oxygen atoms in total. The monoisotopic (exact) mass is 121 g/mol. The summed E-state index contributed by atoms with van der Waals surface area (Å²) in [5.74, 6) is 1.07. The van der Waals surface area contributed by atoms with E-state index in [4.69, 9.17) is 0 Å². The summed E-state index contributed by atoms with van der Waals surface area (Å²) in [5, 5.41) is 3.87. The molecule has 0 aromatic heterocycles. The molecule has 0 amide bonds. The highest BCUT2D eigenvalue weighted by atomic mass is 15.5. The van der Waals surface area contributed by atoms with Gasteiger partial charge in [0.1, 0.15) is 12.2 Å². The lowest BCUT2D eigenvalue weighted by Gasteiger charge is -2.15. The van der Waals surface area contributed by atoms with Crippen molar-refractivity contribution in [3.05, 3.63) is 24.0 Å². The van der Waals surface area contributed by atoms with Crippen LogP contribution in [-0.4, -0.2) is 17.8 Å². The average Bonchev–Trinajstić information content (AvgIpc) is 2.33. The van der Waals surface area contributed by atoms with E-state index in [0.29, 0.717) is 0 Å². The summed E-state index contributed by atoms with van der Waals surface area (Å²) in [6.45, 7) is 0.933. The Morgan fingerprint density at radius 2 is 2.67 bits per heavy atom. The van der Waals surface area contributed by atoms with Gasteiger partial charge in [-0.25, -0.2) is 0 Å². The van der Waals surface area contributed by atoms with Gasteiger partial charge in [-0.15, -0.1) is 0 Å². The van der Waals surface area contributed by atoms with Crippen LogP contribution >= 0.6 is 0 Å². The molecule has 0 saturated heterocycles. The number of nitrogens with zero attached hydrogens (tertiary/aromatic N) is 2. The number of nitrogens with one attached hydrogen (secondary N) is 1. The van der Waals surface area contributed by atoms with Gasteiger partial charge >= 0.3 is 0 Å². The van der Waals surface area contributed by atoms with Crippen molar-refractivity contribution in [2.75, 3.05) is 6.54 Å². The zero-order valence-electron chi connectivity index (χ0n) is 4.91. The molecule has 0 spiro atoms. The second-order valence-electron chi connectivity index (χ2n) is 1.99. The standard InChI is InChI=1S/C6H7N3/c1-2-4-9-5-7-8-6(9)3-1/h1-3,5,8H,4H2. The highest BCUT2D eigenvalue weighted by molar-refractivity contribution is 5.61. The molecule has 2 heterocycles. The van der Waals surface area contributed by atoms with Crippen molar-refractivity contribution in [2.24, 2.45) is 5.10 Å². The fourth-order valence-electron chi connectivity index (χ4n) is 0.903. The number of fused-ring (bicyclic) bond motifs is 1. The topological polar surface area (TPSA) is 27.6 Å². The molecular formula is C6H7N3. The molecule has 2 aliphatic rings. The van der Waals surface area contributed by atoms with Crippen molar-refractivity contribution < 1.29 is 0 Å². The molecule has 3 heteroatoms. The van der Waals surface area contributed by atoms with Crippen molar-refractivity contribution in [1.29, 1.82) is 0 Å². The lowest BCUT2D eigenvalue weighted by atomic mass is 10.3. The molecule has 0 aromatic rings. The summed E-state index contributed by atoms with van der Waals surface area (Å²) in [7, 11) is 0. The lowest BCUT2D eigenvalue weighted by molar-refractivity contribution is 0.566. The van der Waals surface area contributed by atoms with Crippen LogP contribution in [0.5, 0.6) is 0 Å². The molecule has 1 N–H and O–H groups in total. The minimum Gasteiger partial charge on any atom is -0.312 e. The third-order valence-corrected chi connectivity index (χ3v) is 1.38. The first-order chi connectivity index (χ1) is 4.47. The number of rotatable bonds is 0. The molecule has 46 valence electrons. The number of hydrogen-bond donors (Lipinski definition) is 1. The first-order valence-corrected chi connectivity index (χ1v) is 2.89. The van der Waals surface area contributed by atoms with E-state index in [1.54, 1.807) is 6.34 Å². The van der Waals surface area contributed by atoms with Crippen molar-refractivity contribution in [2.45, 2.75) is 0 Å². The van der Waals surface area contributed by atoms with Crippen molar-refractivity contribution in [3.63, 3.8) is 0 Å². The average molecular weight is 121 g/mol. The van der Waals surface area contributed by atoms with Gasteiger partial charge in [0.2, 0.25) is 0 Å². The molecule has 0 radical (unpaired) electrons. The maximum atomic E-state index is 3.87. The Kier molecular flexibility index (Phi) is 0.828. The molecule has 9 heavy (non-hydrogen) atoms. The highest BCUT2D eigenvalue weighted by Gasteiger charge is 2.10. The van der Waals surface area contributed by atoms with Crippen LogP contribution in [0, 0.1) is 0 Å². The Bertz CT molecular complexity index is 202. The van der Waals surface area contributed by atoms with E-state index in [1.807, 2.05) is 17.1 Å². The highest BCUT2D eigenvalue weighted by Crippen LogP contribution is 2.07. The lowest BCUT2D eigenvalue weighted by Crippen LogP contribution is -2.22.